The zero-order chi connectivity index (χ0) is 20.6. The highest BCUT2D eigenvalue weighted by molar-refractivity contribution is 7.99. The SMILES string of the molecule is COc1cc(C=C(C#N)C(N)=O)ccc1OCCSc1cccc2ccccc12. The van der Waals surface area contributed by atoms with Crippen LogP contribution in [0.4, 0.5) is 0 Å². The molecule has 146 valence electrons. The molecule has 2 N–H and O–H groups in total. The number of amides is 1. The predicted octanol–water partition coefficient (Wildman–Crippen LogP) is 4.41. The van der Waals surface area contributed by atoms with Crippen LogP contribution in [0.25, 0.3) is 16.8 Å². The maximum atomic E-state index is 11.2. The number of hydrogen-bond donors (Lipinski definition) is 1. The molecule has 0 spiro atoms. The molecule has 0 fully saturated rings. The third-order valence-electron chi connectivity index (χ3n) is 4.23. The normalized spacial score (nSPS) is 11.1. The van der Waals surface area contributed by atoms with E-state index in [1.807, 2.05) is 12.1 Å². The Bertz CT molecular complexity index is 1100. The molecule has 6 heteroatoms. The summed E-state index contributed by atoms with van der Waals surface area (Å²) in [6, 6.07) is 21.6. The zero-order valence-corrected chi connectivity index (χ0v) is 16.7. The van der Waals surface area contributed by atoms with Gasteiger partial charge in [0.1, 0.15) is 11.6 Å². The van der Waals surface area contributed by atoms with Crippen LogP contribution in [0.2, 0.25) is 0 Å². The van der Waals surface area contributed by atoms with Crippen molar-refractivity contribution >= 4 is 34.5 Å². The maximum absolute atomic E-state index is 11.2. The van der Waals surface area contributed by atoms with Gasteiger partial charge in [-0.25, -0.2) is 0 Å². The van der Waals surface area contributed by atoms with E-state index in [2.05, 4.69) is 30.3 Å². The van der Waals surface area contributed by atoms with Crippen molar-refractivity contribution in [3.05, 3.63) is 71.8 Å². The fourth-order valence-corrected chi connectivity index (χ4v) is 3.75. The summed E-state index contributed by atoms with van der Waals surface area (Å²) < 4.78 is 11.2. The molecule has 0 unspecified atom stereocenters. The summed E-state index contributed by atoms with van der Waals surface area (Å²) in [7, 11) is 1.54. The van der Waals surface area contributed by atoms with Crippen LogP contribution in [0.3, 0.4) is 0 Å². The van der Waals surface area contributed by atoms with Crippen LogP contribution < -0.4 is 15.2 Å². The van der Waals surface area contributed by atoms with Crippen molar-refractivity contribution in [1.29, 1.82) is 5.26 Å². The summed E-state index contributed by atoms with van der Waals surface area (Å²) in [4.78, 5) is 12.4. The predicted molar refractivity (Wildman–Crippen MR) is 116 cm³/mol. The number of ether oxygens (including phenoxy) is 2. The van der Waals surface area contributed by atoms with E-state index in [1.165, 1.54) is 21.7 Å². The lowest BCUT2D eigenvalue weighted by Crippen LogP contribution is -2.12. The van der Waals surface area contributed by atoms with Gasteiger partial charge in [0.05, 0.1) is 13.7 Å². The molecule has 0 aromatic heterocycles. The molecule has 1 amide bonds. The first-order valence-electron chi connectivity index (χ1n) is 8.95. The van der Waals surface area contributed by atoms with Crippen LogP contribution in [0.1, 0.15) is 5.56 Å². The number of benzene rings is 3. The van der Waals surface area contributed by atoms with Crippen molar-refractivity contribution in [3.63, 3.8) is 0 Å². The molecule has 0 atom stereocenters. The first-order chi connectivity index (χ1) is 14.1. The summed E-state index contributed by atoms with van der Waals surface area (Å²) in [5.41, 5.74) is 5.69. The van der Waals surface area contributed by atoms with Gasteiger partial charge in [-0.1, -0.05) is 42.5 Å². The molecule has 0 saturated heterocycles. The van der Waals surface area contributed by atoms with Crippen molar-refractivity contribution in [3.8, 4) is 17.6 Å². The summed E-state index contributed by atoms with van der Waals surface area (Å²) in [6.07, 6.45) is 1.42. The second-order valence-electron chi connectivity index (χ2n) is 6.12. The average molecular weight is 404 g/mol. The number of fused-ring (bicyclic) bond motifs is 1. The zero-order valence-electron chi connectivity index (χ0n) is 15.9. The van der Waals surface area contributed by atoms with Gasteiger partial charge in [0.25, 0.3) is 5.91 Å². The van der Waals surface area contributed by atoms with Crippen LogP contribution in [0.5, 0.6) is 11.5 Å². The smallest absolute Gasteiger partial charge is 0.259 e. The number of carbonyl (C=O) groups excluding carboxylic acids is 1. The number of primary amides is 1. The summed E-state index contributed by atoms with van der Waals surface area (Å²) in [6.45, 7) is 0.504. The highest BCUT2D eigenvalue weighted by Crippen LogP contribution is 2.30. The first kappa shape index (κ1) is 20.3. The Morgan fingerprint density at radius 2 is 1.93 bits per heavy atom. The minimum absolute atomic E-state index is 0.118. The minimum Gasteiger partial charge on any atom is -0.493 e. The van der Waals surface area contributed by atoms with Gasteiger partial charge in [-0.15, -0.1) is 11.8 Å². The molecular formula is C23H20N2O3S. The summed E-state index contributed by atoms with van der Waals surface area (Å²) in [5, 5.41) is 11.4. The van der Waals surface area contributed by atoms with Crippen LogP contribution in [0, 0.1) is 11.3 Å². The number of methoxy groups -OCH3 is 1. The van der Waals surface area contributed by atoms with E-state index in [0.717, 1.165) is 5.75 Å². The van der Waals surface area contributed by atoms with Gasteiger partial charge in [-0.3, -0.25) is 4.79 Å². The third-order valence-corrected chi connectivity index (χ3v) is 5.27. The van der Waals surface area contributed by atoms with Crippen LogP contribution >= 0.6 is 11.8 Å². The molecule has 3 rings (SSSR count). The monoisotopic (exact) mass is 404 g/mol. The lowest BCUT2D eigenvalue weighted by Gasteiger charge is -2.12. The van der Waals surface area contributed by atoms with Crippen molar-refractivity contribution in [1.82, 2.24) is 0 Å². The van der Waals surface area contributed by atoms with Gasteiger partial charge >= 0.3 is 0 Å². The summed E-state index contributed by atoms with van der Waals surface area (Å²) >= 11 is 1.74. The number of nitrogens with two attached hydrogens (primary N) is 1. The topological polar surface area (TPSA) is 85.3 Å². The van der Waals surface area contributed by atoms with E-state index in [-0.39, 0.29) is 5.57 Å². The molecule has 3 aromatic carbocycles. The van der Waals surface area contributed by atoms with E-state index in [4.69, 9.17) is 20.5 Å². The first-order valence-corrected chi connectivity index (χ1v) is 9.94. The number of thioether (sulfide) groups is 1. The molecule has 0 aliphatic carbocycles. The molecule has 0 saturated carbocycles. The van der Waals surface area contributed by atoms with Gasteiger partial charge in [0.15, 0.2) is 11.5 Å². The minimum atomic E-state index is -0.766. The highest BCUT2D eigenvalue weighted by atomic mass is 32.2. The Balaban J connectivity index is 1.65. The Morgan fingerprint density at radius 1 is 1.14 bits per heavy atom. The summed E-state index contributed by atoms with van der Waals surface area (Å²) in [5.74, 6) is 1.13. The van der Waals surface area contributed by atoms with Gasteiger partial charge in [-0.05, 0) is 40.6 Å². The standard InChI is InChI=1S/C23H20N2O3S/c1-27-21-14-16(13-18(15-24)23(25)26)9-10-20(21)28-11-12-29-22-8-4-6-17-5-2-3-7-19(17)22/h2-10,13-14H,11-12H2,1H3,(H2,25,26). The number of rotatable bonds is 8. The average Bonchev–Trinajstić information content (AvgIpc) is 2.75. The fraction of sp³-hybridized carbons (Fsp3) is 0.130. The van der Waals surface area contributed by atoms with Gasteiger partial charge < -0.3 is 15.2 Å². The molecule has 0 bridgehead atoms. The number of carbonyl (C=O) groups is 1. The Kier molecular flexibility index (Phi) is 6.77. The van der Waals surface area contributed by atoms with E-state index < -0.39 is 5.91 Å². The number of nitrogens with zero attached hydrogens (tertiary/aromatic N) is 1. The van der Waals surface area contributed by atoms with Crippen molar-refractivity contribution in [2.24, 2.45) is 5.73 Å². The van der Waals surface area contributed by atoms with Gasteiger partial charge in [0, 0.05) is 10.6 Å². The van der Waals surface area contributed by atoms with Crippen molar-refractivity contribution < 1.29 is 14.3 Å². The largest absolute Gasteiger partial charge is 0.493 e. The van der Waals surface area contributed by atoms with E-state index >= 15 is 0 Å². The van der Waals surface area contributed by atoms with Crippen LogP contribution in [-0.2, 0) is 4.79 Å². The molecule has 0 aliphatic rings. The third kappa shape index (κ3) is 5.09. The number of hydrogen-bond acceptors (Lipinski definition) is 5. The second kappa shape index (κ2) is 9.67. The quantitative estimate of drug-likeness (QED) is 0.260. The Hall–Kier alpha value is -3.43. The number of nitriles is 1. The maximum Gasteiger partial charge on any atom is 0.259 e. The lowest BCUT2D eigenvalue weighted by molar-refractivity contribution is -0.114. The molecule has 5 nitrogen and oxygen atoms in total. The molecule has 0 heterocycles. The molecule has 3 aromatic rings. The Labute approximate surface area is 173 Å². The molecule has 0 radical (unpaired) electrons. The van der Waals surface area contributed by atoms with Crippen molar-refractivity contribution in [2.75, 3.05) is 19.5 Å². The van der Waals surface area contributed by atoms with E-state index in [0.29, 0.717) is 23.7 Å². The van der Waals surface area contributed by atoms with Gasteiger partial charge in [0.2, 0.25) is 0 Å². The van der Waals surface area contributed by atoms with Crippen molar-refractivity contribution in [2.45, 2.75) is 4.90 Å². The van der Waals surface area contributed by atoms with Crippen LogP contribution in [-0.4, -0.2) is 25.4 Å². The molecule has 0 aliphatic heterocycles. The van der Waals surface area contributed by atoms with E-state index in [1.54, 1.807) is 43.1 Å². The second-order valence-corrected chi connectivity index (χ2v) is 7.26. The molecular weight excluding hydrogens is 384 g/mol. The lowest BCUT2D eigenvalue weighted by atomic mass is 10.1. The highest BCUT2D eigenvalue weighted by Gasteiger charge is 2.08. The molecule has 29 heavy (non-hydrogen) atoms. The fourth-order valence-electron chi connectivity index (χ4n) is 2.84. The van der Waals surface area contributed by atoms with Gasteiger partial charge in [-0.2, -0.15) is 5.26 Å². The van der Waals surface area contributed by atoms with E-state index in [9.17, 15) is 4.79 Å². The van der Waals surface area contributed by atoms with Crippen LogP contribution in [0.15, 0.2) is 71.1 Å². The Morgan fingerprint density at radius 3 is 2.69 bits per heavy atom.